The van der Waals surface area contributed by atoms with E-state index in [4.69, 9.17) is 5.10 Å². The summed E-state index contributed by atoms with van der Waals surface area (Å²) in [4.78, 5) is 16.0. The second kappa shape index (κ2) is 7.00. The molecule has 1 aromatic carbocycles. The summed E-state index contributed by atoms with van der Waals surface area (Å²) in [6.45, 7) is 6.25. The minimum absolute atomic E-state index is 0.191. The Kier molecular flexibility index (Phi) is 4.57. The largest absolute Gasteiger partial charge is 0.342 e. The van der Waals surface area contributed by atoms with E-state index < -0.39 is 0 Å². The third-order valence-electron chi connectivity index (χ3n) is 5.42. The van der Waals surface area contributed by atoms with Crippen LogP contribution in [0.15, 0.2) is 30.3 Å². The van der Waals surface area contributed by atoms with Crippen molar-refractivity contribution in [3.8, 4) is 5.69 Å². The average molecular weight is 338 g/mol. The molecule has 25 heavy (non-hydrogen) atoms. The molecule has 1 aliphatic heterocycles. The molecular weight excluding hydrogens is 312 g/mol. The lowest BCUT2D eigenvalue weighted by atomic mass is 10.2. The van der Waals surface area contributed by atoms with Crippen molar-refractivity contribution in [3.05, 3.63) is 47.3 Å². The van der Waals surface area contributed by atoms with E-state index in [1.807, 2.05) is 11.0 Å². The number of rotatable bonds is 3. The van der Waals surface area contributed by atoms with Crippen molar-refractivity contribution < 1.29 is 4.79 Å². The van der Waals surface area contributed by atoms with Gasteiger partial charge in [0.15, 0.2) is 0 Å². The summed E-state index contributed by atoms with van der Waals surface area (Å²) in [5.41, 5.74) is 5.23. The van der Waals surface area contributed by atoms with Crippen molar-refractivity contribution in [2.24, 2.45) is 0 Å². The van der Waals surface area contributed by atoms with Gasteiger partial charge in [0.2, 0.25) is 5.91 Å². The maximum absolute atomic E-state index is 11.6. The Bertz CT molecular complexity index is 753. The van der Waals surface area contributed by atoms with Crippen molar-refractivity contribution in [1.82, 2.24) is 19.6 Å². The molecule has 1 saturated heterocycles. The molecule has 5 nitrogen and oxygen atoms in total. The molecule has 0 atom stereocenters. The molecule has 1 aromatic heterocycles. The molecule has 0 saturated carbocycles. The number of hydrogen-bond donors (Lipinski definition) is 0. The Labute approximate surface area is 149 Å². The first kappa shape index (κ1) is 16.3. The molecule has 0 unspecified atom stereocenters. The van der Waals surface area contributed by atoms with Gasteiger partial charge in [-0.05, 0) is 43.4 Å². The number of nitrogens with zero attached hydrogens (tertiary/aromatic N) is 4. The maximum Gasteiger partial charge on any atom is 0.219 e. The van der Waals surface area contributed by atoms with Crippen LogP contribution >= 0.6 is 0 Å². The summed E-state index contributed by atoms with van der Waals surface area (Å²) in [5, 5.41) is 4.98. The van der Waals surface area contributed by atoms with Crippen molar-refractivity contribution in [2.45, 2.75) is 39.2 Å². The van der Waals surface area contributed by atoms with E-state index in [9.17, 15) is 4.79 Å². The normalized spacial score (nSPS) is 18.2. The van der Waals surface area contributed by atoms with Crippen LogP contribution in [0.5, 0.6) is 0 Å². The van der Waals surface area contributed by atoms with E-state index in [0.29, 0.717) is 0 Å². The first-order chi connectivity index (χ1) is 12.2. The van der Waals surface area contributed by atoms with Gasteiger partial charge in [-0.15, -0.1) is 0 Å². The zero-order chi connectivity index (χ0) is 17.2. The second-order valence-electron chi connectivity index (χ2n) is 7.11. The summed E-state index contributed by atoms with van der Waals surface area (Å²) in [5.74, 6) is 0.191. The summed E-state index contributed by atoms with van der Waals surface area (Å²) in [7, 11) is 0. The van der Waals surface area contributed by atoms with Crippen molar-refractivity contribution in [2.75, 3.05) is 26.2 Å². The summed E-state index contributed by atoms with van der Waals surface area (Å²) in [6, 6.07) is 10.5. The lowest BCUT2D eigenvalue weighted by Crippen LogP contribution is -2.33. The lowest BCUT2D eigenvalue weighted by Gasteiger charge is -2.20. The van der Waals surface area contributed by atoms with Gasteiger partial charge in [-0.3, -0.25) is 9.69 Å². The van der Waals surface area contributed by atoms with Gasteiger partial charge >= 0.3 is 0 Å². The van der Waals surface area contributed by atoms with Gasteiger partial charge < -0.3 is 4.90 Å². The highest BCUT2D eigenvalue weighted by molar-refractivity contribution is 5.73. The fourth-order valence-corrected chi connectivity index (χ4v) is 4.08. The Morgan fingerprint density at radius 2 is 1.88 bits per heavy atom. The molecule has 0 N–H and O–H groups in total. The number of benzene rings is 1. The molecule has 2 heterocycles. The molecule has 1 amide bonds. The third-order valence-corrected chi connectivity index (χ3v) is 5.42. The topological polar surface area (TPSA) is 41.4 Å². The van der Waals surface area contributed by atoms with Gasteiger partial charge in [-0.25, -0.2) is 4.68 Å². The number of carbonyl (C=O) groups is 1. The van der Waals surface area contributed by atoms with Gasteiger partial charge in [0.1, 0.15) is 0 Å². The summed E-state index contributed by atoms with van der Waals surface area (Å²) < 4.78 is 2.15. The second-order valence-corrected chi connectivity index (χ2v) is 7.11. The zero-order valence-corrected chi connectivity index (χ0v) is 14.9. The highest BCUT2D eigenvalue weighted by Crippen LogP contribution is 2.28. The summed E-state index contributed by atoms with van der Waals surface area (Å²) in [6.07, 6.45) is 4.53. The average Bonchev–Trinajstić information content (AvgIpc) is 3.13. The maximum atomic E-state index is 11.6. The van der Waals surface area contributed by atoms with E-state index in [2.05, 4.69) is 33.8 Å². The van der Waals surface area contributed by atoms with Gasteiger partial charge in [0.05, 0.1) is 11.4 Å². The van der Waals surface area contributed by atoms with Crippen LogP contribution in [-0.2, 0) is 24.2 Å². The van der Waals surface area contributed by atoms with E-state index >= 15 is 0 Å². The van der Waals surface area contributed by atoms with Crippen LogP contribution in [0.4, 0.5) is 0 Å². The number of aromatic nitrogens is 2. The number of amides is 1. The van der Waals surface area contributed by atoms with Crippen molar-refractivity contribution in [3.63, 3.8) is 0 Å². The highest BCUT2D eigenvalue weighted by atomic mass is 16.2. The Morgan fingerprint density at radius 3 is 2.68 bits per heavy atom. The summed E-state index contributed by atoms with van der Waals surface area (Å²) >= 11 is 0. The van der Waals surface area contributed by atoms with Crippen LogP contribution in [0.1, 0.15) is 36.7 Å². The standard InChI is InChI=1S/C20H26N4O/c1-16(25)23-12-6-11-22(13-14-23)15-19-18-9-5-10-20(18)24(21-19)17-7-3-2-4-8-17/h2-4,7-8H,5-6,9-15H2,1H3. The number of para-hydroxylation sites is 1. The van der Waals surface area contributed by atoms with Crippen LogP contribution in [0.25, 0.3) is 5.69 Å². The number of fused-ring (bicyclic) bond motifs is 1. The van der Waals surface area contributed by atoms with E-state index in [0.717, 1.165) is 57.7 Å². The molecule has 132 valence electrons. The van der Waals surface area contributed by atoms with Gasteiger partial charge in [0, 0.05) is 45.3 Å². The van der Waals surface area contributed by atoms with Gasteiger partial charge in [-0.1, -0.05) is 18.2 Å². The van der Waals surface area contributed by atoms with Gasteiger partial charge in [0.25, 0.3) is 0 Å². The smallest absolute Gasteiger partial charge is 0.219 e. The van der Waals surface area contributed by atoms with Crippen LogP contribution in [0, 0.1) is 0 Å². The predicted molar refractivity (Wildman–Crippen MR) is 97.7 cm³/mol. The molecule has 2 aliphatic rings. The van der Waals surface area contributed by atoms with Crippen molar-refractivity contribution in [1.29, 1.82) is 0 Å². The van der Waals surface area contributed by atoms with E-state index in [1.54, 1.807) is 6.92 Å². The first-order valence-corrected chi connectivity index (χ1v) is 9.35. The quantitative estimate of drug-likeness (QED) is 0.863. The fraction of sp³-hybridized carbons (Fsp3) is 0.500. The molecule has 5 heteroatoms. The minimum Gasteiger partial charge on any atom is -0.342 e. The number of carbonyl (C=O) groups excluding carboxylic acids is 1. The monoisotopic (exact) mass is 338 g/mol. The Morgan fingerprint density at radius 1 is 1.04 bits per heavy atom. The highest BCUT2D eigenvalue weighted by Gasteiger charge is 2.25. The van der Waals surface area contributed by atoms with Crippen LogP contribution in [-0.4, -0.2) is 51.7 Å². The Hall–Kier alpha value is -2.14. The predicted octanol–water partition coefficient (Wildman–Crippen LogP) is 2.42. The first-order valence-electron chi connectivity index (χ1n) is 9.35. The molecule has 0 bridgehead atoms. The lowest BCUT2D eigenvalue weighted by molar-refractivity contribution is -0.128. The van der Waals surface area contributed by atoms with Crippen LogP contribution < -0.4 is 0 Å². The Balaban J connectivity index is 1.54. The SMILES string of the molecule is CC(=O)N1CCCN(Cc2nn(-c3ccccc3)c3c2CCC3)CC1. The molecule has 0 spiro atoms. The molecule has 1 aliphatic carbocycles. The molecule has 4 rings (SSSR count). The molecule has 2 aromatic rings. The number of hydrogen-bond acceptors (Lipinski definition) is 3. The van der Waals surface area contributed by atoms with Crippen LogP contribution in [0.2, 0.25) is 0 Å². The molecule has 0 radical (unpaired) electrons. The molecular formula is C20H26N4O. The van der Waals surface area contributed by atoms with E-state index in [1.165, 1.54) is 23.4 Å². The third kappa shape index (κ3) is 3.33. The minimum atomic E-state index is 0.191. The fourth-order valence-electron chi connectivity index (χ4n) is 4.08. The van der Waals surface area contributed by atoms with Gasteiger partial charge in [-0.2, -0.15) is 5.10 Å². The van der Waals surface area contributed by atoms with Crippen molar-refractivity contribution >= 4 is 5.91 Å². The van der Waals surface area contributed by atoms with Crippen LogP contribution in [0.3, 0.4) is 0 Å². The zero-order valence-electron chi connectivity index (χ0n) is 14.9. The van der Waals surface area contributed by atoms with E-state index in [-0.39, 0.29) is 5.91 Å². The molecule has 1 fully saturated rings.